The maximum Gasteiger partial charge on any atom is 0.312 e. The van der Waals surface area contributed by atoms with E-state index in [1.165, 1.54) is 7.11 Å². The number of methoxy groups -OCH3 is 1. The summed E-state index contributed by atoms with van der Waals surface area (Å²) in [5, 5.41) is 10.9. The number of carboxylic acid groups (broad SMARTS) is 1. The summed E-state index contributed by atoms with van der Waals surface area (Å²) < 4.78 is 9.40. The van der Waals surface area contributed by atoms with Crippen LogP contribution in [0, 0.1) is 0 Å². The lowest BCUT2D eigenvalue weighted by Gasteiger charge is -2.41. The molecule has 1 aliphatic heterocycles. The van der Waals surface area contributed by atoms with Gasteiger partial charge in [0, 0.05) is 0 Å². The number of hydrogen-bond acceptors (Lipinski definition) is 5. The van der Waals surface area contributed by atoms with Crippen LogP contribution < -0.4 is 5.32 Å². The predicted octanol–water partition coefficient (Wildman–Crippen LogP) is -1.09. The fraction of sp³-hybridized carbons (Fsp3) is 0.667. The molecule has 0 aromatic rings. The van der Waals surface area contributed by atoms with Gasteiger partial charge in [0.15, 0.2) is 0 Å². The second kappa shape index (κ2) is 4.93. The highest BCUT2D eigenvalue weighted by molar-refractivity contribution is 5.94. The Morgan fingerprint density at radius 2 is 2.06 bits per heavy atom. The maximum absolute atomic E-state index is 11.2. The molecule has 16 heavy (non-hydrogen) atoms. The van der Waals surface area contributed by atoms with E-state index in [-0.39, 0.29) is 19.6 Å². The molecule has 0 radical (unpaired) electrons. The average molecular weight is 231 g/mol. The van der Waals surface area contributed by atoms with Crippen LogP contribution in [0.2, 0.25) is 0 Å². The molecule has 7 heteroatoms. The largest absolute Gasteiger partial charge is 0.481 e. The van der Waals surface area contributed by atoms with Crippen LogP contribution in [0.15, 0.2) is 0 Å². The van der Waals surface area contributed by atoms with Crippen LogP contribution in [0.5, 0.6) is 0 Å². The first-order chi connectivity index (χ1) is 7.47. The number of esters is 1. The van der Waals surface area contributed by atoms with Gasteiger partial charge in [-0.3, -0.25) is 14.4 Å². The Labute approximate surface area is 91.7 Å². The van der Waals surface area contributed by atoms with Crippen LogP contribution in [0.1, 0.15) is 12.8 Å². The van der Waals surface area contributed by atoms with Crippen molar-refractivity contribution in [2.24, 2.45) is 0 Å². The van der Waals surface area contributed by atoms with Gasteiger partial charge in [-0.25, -0.2) is 0 Å². The normalized spacial score (nSPS) is 17.1. The van der Waals surface area contributed by atoms with Crippen molar-refractivity contribution in [1.82, 2.24) is 5.32 Å². The van der Waals surface area contributed by atoms with Gasteiger partial charge in [-0.05, 0) is 0 Å². The molecule has 1 saturated heterocycles. The van der Waals surface area contributed by atoms with Crippen LogP contribution in [0.3, 0.4) is 0 Å². The molecule has 0 spiro atoms. The van der Waals surface area contributed by atoms with E-state index in [4.69, 9.17) is 9.84 Å². The Balaban J connectivity index is 2.50. The number of carbonyl (C=O) groups excluding carboxylic acids is 2. The molecule has 2 N–H and O–H groups in total. The number of carboxylic acids is 1. The number of ether oxygens (including phenoxy) is 2. The molecule has 0 unspecified atom stereocenters. The highest BCUT2D eigenvalue weighted by Gasteiger charge is 2.42. The first-order valence-corrected chi connectivity index (χ1v) is 4.65. The number of amides is 1. The molecule has 7 nitrogen and oxygen atoms in total. The predicted molar refractivity (Wildman–Crippen MR) is 50.6 cm³/mol. The summed E-state index contributed by atoms with van der Waals surface area (Å²) in [4.78, 5) is 32.6. The minimum absolute atomic E-state index is 0.0190. The van der Waals surface area contributed by atoms with Crippen LogP contribution in [0.4, 0.5) is 0 Å². The van der Waals surface area contributed by atoms with Crippen molar-refractivity contribution in [2.45, 2.75) is 18.4 Å². The number of carbonyl (C=O) groups is 3. The van der Waals surface area contributed by atoms with E-state index >= 15 is 0 Å². The first kappa shape index (κ1) is 12.4. The molecule has 1 fully saturated rings. The van der Waals surface area contributed by atoms with Gasteiger partial charge in [-0.15, -0.1) is 0 Å². The average Bonchev–Trinajstić information content (AvgIpc) is 2.12. The summed E-state index contributed by atoms with van der Waals surface area (Å²) in [7, 11) is 1.24. The highest BCUT2D eigenvalue weighted by Crippen LogP contribution is 2.21. The van der Waals surface area contributed by atoms with Gasteiger partial charge in [0.1, 0.15) is 6.42 Å². The molecule has 0 atom stereocenters. The van der Waals surface area contributed by atoms with E-state index in [0.717, 1.165) is 0 Å². The number of hydrogen-bond donors (Lipinski definition) is 2. The summed E-state index contributed by atoms with van der Waals surface area (Å²) in [6.45, 7) is 0.376. The molecule has 1 heterocycles. The Kier molecular flexibility index (Phi) is 3.83. The van der Waals surface area contributed by atoms with Crippen molar-refractivity contribution in [3.8, 4) is 0 Å². The second-order valence-corrected chi connectivity index (χ2v) is 3.64. The number of aliphatic carboxylic acids is 1. The van der Waals surface area contributed by atoms with Crippen molar-refractivity contribution < 1.29 is 29.0 Å². The van der Waals surface area contributed by atoms with Crippen LogP contribution in [0.25, 0.3) is 0 Å². The van der Waals surface area contributed by atoms with Crippen LogP contribution in [-0.2, 0) is 23.9 Å². The third kappa shape index (κ3) is 3.20. The molecule has 1 rings (SSSR count). The molecule has 1 aliphatic rings. The Morgan fingerprint density at radius 1 is 1.44 bits per heavy atom. The van der Waals surface area contributed by atoms with E-state index < -0.39 is 29.8 Å². The molecular formula is C9H13NO6. The van der Waals surface area contributed by atoms with Gasteiger partial charge in [0.2, 0.25) is 5.91 Å². The van der Waals surface area contributed by atoms with Crippen molar-refractivity contribution in [3.63, 3.8) is 0 Å². The highest BCUT2D eigenvalue weighted by atomic mass is 16.5. The summed E-state index contributed by atoms with van der Waals surface area (Å²) in [6.07, 6.45) is -0.641. The van der Waals surface area contributed by atoms with Crippen LogP contribution in [-0.4, -0.2) is 48.8 Å². The zero-order valence-electron chi connectivity index (χ0n) is 8.82. The fourth-order valence-electron chi connectivity index (χ4n) is 1.39. The van der Waals surface area contributed by atoms with E-state index in [2.05, 4.69) is 10.1 Å². The lowest BCUT2D eigenvalue weighted by molar-refractivity contribution is -0.153. The van der Waals surface area contributed by atoms with Crippen molar-refractivity contribution in [1.29, 1.82) is 0 Å². The standard InChI is InChI=1S/C9H13NO6/c1-15-8(14)3-9(4-16-5-9)10-6(11)2-7(12)13/h2-5H2,1H3,(H,10,11)(H,12,13). The lowest BCUT2D eigenvalue weighted by Crippen LogP contribution is -2.63. The quantitative estimate of drug-likeness (QED) is 0.460. The summed E-state index contributed by atoms with van der Waals surface area (Å²) in [6, 6.07) is 0. The third-order valence-corrected chi connectivity index (χ3v) is 2.18. The molecule has 0 aromatic carbocycles. The van der Waals surface area contributed by atoms with Crippen molar-refractivity contribution in [2.75, 3.05) is 20.3 Å². The molecule has 0 saturated carbocycles. The minimum Gasteiger partial charge on any atom is -0.481 e. The van der Waals surface area contributed by atoms with Crippen molar-refractivity contribution >= 4 is 17.8 Å². The summed E-state index contributed by atoms with van der Waals surface area (Å²) >= 11 is 0. The fourth-order valence-corrected chi connectivity index (χ4v) is 1.39. The van der Waals surface area contributed by atoms with E-state index in [0.29, 0.717) is 0 Å². The second-order valence-electron chi connectivity index (χ2n) is 3.64. The van der Waals surface area contributed by atoms with Gasteiger partial charge < -0.3 is 19.9 Å². The SMILES string of the molecule is COC(=O)CC1(NC(=O)CC(=O)O)COC1. The summed E-state index contributed by atoms with van der Waals surface area (Å²) in [5.41, 5.74) is -0.806. The monoisotopic (exact) mass is 231 g/mol. The molecule has 1 amide bonds. The smallest absolute Gasteiger partial charge is 0.312 e. The van der Waals surface area contributed by atoms with Crippen LogP contribution >= 0.6 is 0 Å². The van der Waals surface area contributed by atoms with E-state index in [9.17, 15) is 14.4 Å². The Bertz CT molecular complexity index is 309. The van der Waals surface area contributed by atoms with E-state index in [1.54, 1.807) is 0 Å². The number of nitrogens with one attached hydrogen (secondary N) is 1. The lowest BCUT2D eigenvalue weighted by atomic mass is 9.93. The van der Waals surface area contributed by atoms with Gasteiger partial charge >= 0.3 is 11.9 Å². The minimum atomic E-state index is -1.22. The van der Waals surface area contributed by atoms with E-state index in [1.807, 2.05) is 0 Å². The molecular weight excluding hydrogens is 218 g/mol. The number of rotatable bonds is 5. The van der Waals surface area contributed by atoms with Gasteiger partial charge in [-0.1, -0.05) is 0 Å². The third-order valence-electron chi connectivity index (χ3n) is 2.18. The molecule has 90 valence electrons. The topological polar surface area (TPSA) is 102 Å². The van der Waals surface area contributed by atoms with Gasteiger partial charge in [0.25, 0.3) is 0 Å². The molecule has 0 bridgehead atoms. The van der Waals surface area contributed by atoms with Crippen molar-refractivity contribution in [3.05, 3.63) is 0 Å². The van der Waals surface area contributed by atoms with Gasteiger partial charge in [0.05, 0.1) is 32.3 Å². The maximum atomic E-state index is 11.2. The molecule has 0 aromatic heterocycles. The Morgan fingerprint density at radius 3 is 2.44 bits per heavy atom. The zero-order chi connectivity index (χ0) is 12.2. The summed E-state index contributed by atoms with van der Waals surface area (Å²) in [5.74, 6) is -2.33. The first-order valence-electron chi connectivity index (χ1n) is 4.65. The Hall–Kier alpha value is -1.63. The van der Waals surface area contributed by atoms with Gasteiger partial charge in [-0.2, -0.15) is 0 Å². The zero-order valence-corrected chi connectivity index (χ0v) is 8.82. The molecule has 0 aliphatic carbocycles.